The van der Waals surface area contributed by atoms with Crippen LogP contribution in [0.15, 0.2) is 18.2 Å². The van der Waals surface area contributed by atoms with Gasteiger partial charge >= 0.3 is 5.97 Å². The Bertz CT molecular complexity index is 426. The molecule has 1 unspecified atom stereocenters. The number of likely N-dealkylation sites (N-methyl/N-ethyl adjacent to an activating group) is 1. The average molecular weight is 273 g/mol. The number of nitrogens with one attached hydrogen (secondary N) is 1. The lowest BCUT2D eigenvalue weighted by Crippen LogP contribution is -2.36. The van der Waals surface area contributed by atoms with Gasteiger partial charge in [0.05, 0.1) is 13.2 Å². The largest absolute Gasteiger partial charge is 0.493 e. The summed E-state index contributed by atoms with van der Waals surface area (Å²) in [6.45, 7) is 2.22. The highest BCUT2D eigenvalue weighted by atomic mass is 19.2. The van der Waals surface area contributed by atoms with Crippen LogP contribution >= 0.6 is 0 Å². The van der Waals surface area contributed by atoms with Crippen molar-refractivity contribution < 1.29 is 23.0 Å². The molecular formula is C13H17F2NO3. The van der Waals surface area contributed by atoms with Crippen LogP contribution < -0.4 is 10.1 Å². The molecule has 0 aromatic heterocycles. The monoisotopic (exact) mass is 273 g/mol. The minimum atomic E-state index is -0.965. The van der Waals surface area contributed by atoms with E-state index in [1.807, 2.05) is 0 Å². The van der Waals surface area contributed by atoms with Crippen LogP contribution in [0.5, 0.6) is 5.75 Å². The Kier molecular flexibility index (Phi) is 6.21. The molecule has 6 heteroatoms. The van der Waals surface area contributed by atoms with E-state index in [1.54, 1.807) is 14.0 Å². The molecule has 1 aromatic carbocycles. The van der Waals surface area contributed by atoms with Gasteiger partial charge in [-0.3, -0.25) is 4.79 Å². The molecule has 0 saturated heterocycles. The number of benzene rings is 1. The first-order valence-electron chi connectivity index (χ1n) is 6.00. The lowest BCUT2D eigenvalue weighted by molar-refractivity contribution is -0.145. The van der Waals surface area contributed by atoms with E-state index in [0.29, 0.717) is 13.0 Å². The van der Waals surface area contributed by atoms with Crippen molar-refractivity contribution >= 4 is 5.97 Å². The second-order valence-corrected chi connectivity index (χ2v) is 3.81. The molecule has 0 amide bonds. The van der Waals surface area contributed by atoms with E-state index in [-0.39, 0.29) is 18.3 Å². The van der Waals surface area contributed by atoms with Crippen LogP contribution in [0, 0.1) is 11.6 Å². The van der Waals surface area contributed by atoms with Crippen molar-refractivity contribution in [3.05, 3.63) is 29.8 Å². The Morgan fingerprint density at radius 1 is 1.37 bits per heavy atom. The van der Waals surface area contributed by atoms with Crippen LogP contribution in [0.25, 0.3) is 0 Å². The molecular weight excluding hydrogens is 256 g/mol. The number of ether oxygens (including phenoxy) is 2. The fourth-order valence-corrected chi connectivity index (χ4v) is 1.48. The number of carbonyl (C=O) groups is 1. The third-order valence-electron chi connectivity index (χ3n) is 2.49. The van der Waals surface area contributed by atoms with Gasteiger partial charge in [0, 0.05) is 12.5 Å². The lowest BCUT2D eigenvalue weighted by atomic mass is 10.2. The van der Waals surface area contributed by atoms with E-state index < -0.39 is 17.7 Å². The lowest BCUT2D eigenvalue weighted by Gasteiger charge is -2.15. The summed E-state index contributed by atoms with van der Waals surface area (Å²) in [5.74, 6) is -2.03. The van der Waals surface area contributed by atoms with Gasteiger partial charge in [0.1, 0.15) is 11.8 Å². The normalized spacial score (nSPS) is 12.0. The van der Waals surface area contributed by atoms with Gasteiger partial charge < -0.3 is 14.8 Å². The number of carbonyl (C=O) groups excluding carboxylic acids is 1. The fraction of sp³-hybridized carbons (Fsp3) is 0.462. The zero-order valence-corrected chi connectivity index (χ0v) is 10.9. The number of esters is 1. The van der Waals surface area contributed by atoms with Gasteiger partial charge in [-0.1, -0.05) is 0 Å². The number of hydrogen-bond donors (Lipinski definition) is 1. The van der Waals surface area contributed by atoms with Crippen molar-refractivity contribution in [3.63, 3.8) is 0 Å². The zero-order chi connectivity index (χ0) is 14.3. The predicted molar refractivity (Wildman–Crippen MR) is 66.0 cm³/mol. The molecule has 0 bridgehead atoms. The van der Waals surface area contributed by atoms with Gasteiger partial charge in [0.2, 0.25) is 0 Å². The minimum absolute atomic E-state index is 0.190. The highest BCUT2D eigenvalue weighted by Crippen LogP contribution is 2.15. The van der Waals surface area contributed by atoms with Crippen molar-refractivity contribution in [3.8, 4) is 5.75 Å². The van der Waals surface area contributed by atoms with Crippen molar-refractivity contribution in [2.75, 3.05) is 20.3 Å². The number of hydrogen-bond acceptors (Lipinski definition) is 4. The van der Waals surface area contributed by atoms with E-state index in [0.717, 1.165) is 12.1 Å². The van der Waals surface area contributed by atoms with Gasteiger partial charge in [0.25, 0.3) is 0 Å². The average Bonchev–Trinajstić information content (AvgIpc) is 2.39. The van der Waals surface area contributed by atoms with Crippen LogP contribution in [0.3, 0.4) is 0 Å². The molecule has 0 fully saturated rings. The molecule has 1 rings (SSSR count). The molecule has 19 heavy (non-hydrogen) atoms. The smallest absolute Gasteiger partial charge is 0.323 e. The Morgan fingerprint density at radius 3 is 2.68 bits per heavy atom. The van der Waals surface area contributed by atoms with E-state index in [4.69, 9.17) is 9.47 Å². The topological polar surface area (TPSA) is 47.6 Å². The zero-order valence-electron chi connectivity index (χ0n) is 10.9. The maximum atomic E-state index is 12.9. The summed E-state index contributed by atoms with van der Waals surface area (Å²) in [4.78, 5) is 11.5. The van der Waals surface area contributed by atoms with E-state index in [2.05, 4.69) is 5.32 Å². The maximum Gasteiger partial charge on any atom is 0.323 e. The van der Waals surface area contributed by atoms with Crippen LogP contribution in [0.2, 0.25) is 0 Å². The second-order valence-electron chi connectivity index (χ2n) is 3.81. The van der Waals surface area contributed by atoms with Gasteiger partial charge in [-0.05, 0) is 26.1 Å². The molecule has 106 valence electrons. The van der Waals surface area contributed by atoms with Crippen LogP contribution in [0.1, 0.15) is 13.3 Å². The molecule has 1 N–H and O–H groups in total. The molecule has 0 aliphatic heterocycles. The van der Waals surface area contributed by atoms with Crippen molar-refractivity contribution in [1.82, 2.24) is 5.32 Å². The predicted octanol–water partition coefficient (Wildman–Crippen LogP) is 1.88. The second kappa shape index (κ2) is 7.68. The Balaban J connectivity index is 2.43. The Morgan fingerprint density at radius 2 is 2.11 bits per heavy atom. The Hall–Kier alpha value is -1.69. The summed E-state index contributed by atoms with van der Waals surface area (Å²) in [5, 5.41) is 2.80. The van der Waals surface area contributed by atoms with E-state index >= 15 is 0 Å². The summed E-state index contributed by atoms with van der Waals surface area (Å²) in [5.41, 5.74) is 0. The highest BCUT2D eigenvalue weighted by molar-refractivity contribution is 5.75. The molecule has 1 aromatic rings. The summed E-state index contributed by atoms with van der Waals surface area (Å²) >= 11 is 0. The molecule has 0 radical (unpaired) electrons. The van der Waals surface area contributed by atoms with Gasteiger partial charge in [-0.25, -0.2) is 8.78 Å². The molecule has 1 atom stereocenters. The SMILES string of the molecule is CCOC(=O)C(CCOc1ccc(F)c(F)c1)NC. The third kappa shape index (κ3) is 4.82. The molecule has 0 spiro atoms. The third-order valence-corrected chi connectivity index (χ3v) is 2.49. The minimum Gasteiger partial charge on any atom is -0.493 e. The standard InChI is InChI=1S/C13H17F2NO3/c1-3-18-13(17)12(16-2)6-7-19-9-4-5-10(14)11(15)8-9/h4-5,8,12,16H,3,6-7H2,1-2H3. The molecule has 0 saturated carbocycles. The first-order chi connectivity index (χ1) is 9.08. The van der Waals surface area contributed by atoms with Crippen molar-refractivity contribution in [2.24, 2.45) is 0 Å². The summed E-state index contributed by atoms with van der Waals surface area (Å²) in [6, 6.07) is 2.81. The number of rotatable bonds is 7. The molecule has 0 aliphatic rings. The summed E-state index contributed by atoms with van der Waals surface area (Å²) < 4.78 is 35.7. The van der Waals surface area contributed by atoms with Gasteiger partial charge in [0.15, 0.2) is 11.6 Å². The van der Waals surface area contributed by atoms with Crippen LogP contribution in [-0.2, 0) is 9.53 Å². The molecule has 0 heterocycles. The molecule has 4 nitrogen and oxygen atoms in total. The first-order valence-corrected chi connectivity index (χ1v) is 6.00. The summed E-state index contributed by atoms with van der Waals surface area (Å²) in [7, 11) is 1.64. The highest BCUT2D eigenvalue weighted by Gasteiger charge is 2.17. The molecule has 0 aliphatic carbocycles. The van der Waals surface area contributed by atoms with Gasteiger partial charge in [-0.2, -0.15) is 0 Å². The van der Waals surface area contributed by atoms with Crippen molar-refractivity contribution in [2.45, 2.75) is 19.4 Å². The first kappa shape index (κ1) is 15.4. The Labute approximate surface area is 110 Å². The fourth-order valence-electron chi connectivity index (χ4n) is 1.48. The van der Waals surface area contributed by atoms with Crippen LogP contribution in [0.4, 0.5) is 8.78 Å². The van der Waals surface area contributed by atoms with Crippen LogP contribution in [-0.4, -0.2) is 32.3 Å². The van der Waals surface area contributed by atoms with Crippen molar-refractivity contribution in [1.29, 1.82) is 0 Å². The summed E-state index contributed by atoms with van der Waals surface area (Å²) in [6.07, 6.45) is 0.369. The van der Waals surface area contributed by atoms with Gasteiger partial charge in [-0.15, -0.1) is 0 Å². The van der Waals surface area contributed by atoms with E-state index in [1.165, 1.54) is 6.07 Å². The number of halogens is 2. The maximum absolute atomic E-state index is 12.9. The van der Waals surface area contributed by atoms with E-state index in [9.17, 15) is 13.6 Å². The quantitative estimate of drug-likeness (QED) is 0.771.